The van der Waals surface area contributed by atoms with Crippen molar-refractivity contribution in [1.29, 1.82) is 0 Å². The lowest BCUT2D eigenvalue weighted by atomic mass is 10.2. The van der Waals surface area contributed by atoms with Gasteiger partial charge in [-0.1, -0.05) is 23.7 Å². The van der Waals surface area contributed by atoms with Crippen LogP contribution in [0.4, 0.5) is 4.39 Å². The van der Waals surface area contributed by atoms with Gasteiger partial charge in [-0.05, 0) is 63.4 Å². The second kappa shape index (κ2) is 10.4. The Labute approximate surface area is 159 Å². The Kier molecular flexibility index (Phi) is 8.16. The highest BCUT2D eigenvalue weighted by Crippen LogP contribution is 2.30. The van der Waals surface area contributed by atoms with E-state index in [-0.39, 0.29) is 12.4 Å². The molecule has 6 heteroatoms. The first-order valence-electron chi connectivity index (χ1n) is 8.59. The van der Waals surface area contributed by atoms with Crippen LogP contribution in [-0.4, -0.2) is 39.2 Å². The zero-order valence-corrected chi connectivity index (χ0v) is 16.3. The number of nitrogens with zero attached hydrogens (tertiary/aromatic N) is 1. The van der Waals surface area contributed by atoms with Crippen LogP contribution >= 0.6 is 11.6 Å². The average molecular weight is 381 g/mol. The topological polar surface area (TPSA) is 33.7 Å². The fraction of sp³-hybridized carbons (Fsp3) is 0.400. The van der Waals surface area contributed by atoms with Crippen molar-refractivity contribution >= 4 is 11.6 Å². The molecule has 0 saturated carbocycles. The first-order chi connectivity index (χ1) is 12.5. The van der Waals surface area contributed by atoms with Crippen molar-refractivity contribution in [3.05, 3.63) is 58.4 Å². The van der Waals surface area contributed by atoms with Crippen molar-refractivity contribution < 1.29 is 13.9 Å². The molecule has 0 aliphatic carbocycles. The van der Waals surface area contributed by atoms with Gasteiger partial charge in [0.05, 0.1) is 12.1 Å². The molecule has 0 aromatic heterocycles. The van der Waals surface area contributed by atoms with Gasteiger partial charge >= 0.3 is 0 Å². The quantitative estimate of drug-likeness (QED) is 0.629. The molecular formula is C20H26ClFN2O2. The monoisotopic (exact) mass is 380 g/mol. The summed E-state index contributed by atoms with van der Waals surface area (Å²) in [6.45, 7) is 2.81. The molecule has 0 aliphatic heterocycles. The number of methoxy groups -OCH3 is 1. The Morgan fingerprint density at radius 1 is 1.15 bits per heavy atom. The van der Waals surface area contributed by atoms with Gasteiger partial charge in [0.25, 0.3) is 0 Å². The van der Waals surface area contributed by atoms with Crippen LogP contribution in [0.3, 0.4) is 0 Å². The highest BCUT2D eigenvalue weighted by molar-refractivity contribution is 6.31. The lowest BCUT2D eigenvalue weighted by molar-refractivity contribution is 0.279. The van der Waals surface area contributed by atoms with Gasteiger partial charge in [-0.3, -0.25) is 0 Å². The summed E-state index contributed by atoms with van der Waals surface area (Å²) in [5.74, 6) is 0.795. The van der Waals surface area contributed by atoms with Crippen LogP contribution in [0.15, 0.2) is 36.4 Å². The maximum atomic E-state index is 13.8. The molecule has 2 aromatic rings. The summed E-state index contributed by atoms with van der Waals surface area (Å²) in [6, 6.07) is 10.3. The molecule has 0 bridgehead atoms. The van der Waals surface area contributed by atoms with Gasteiger partial charge in [0.1, 0.15) is 12.4 Å². The molecule has 0 atom stereocenters. The number of benzene rings is 2. The molecule has 2 aromatic carbocycles. The standard InChI is InChI=1S/C20H26ClFN2O2/c1-24(2)11-5-10-23-13-15-8-9-19(20(12-15)25-3)26-14-16-17(21)6-4-7-18(16)22/h4,6-9,12,23H,5,10-11,13-14H2,1-3H3. The maximum absolute atomic E-state index is 13.8. The molecular weight excluding hydrogens is 355 g/mol. The summed E-state index contributed by atoms with van der Waals surface area (Å²) < 4.78 is 25.0. The Bertz CT molecular complexity index is 690. The maximum Gasteiger partial charge on any atom is 0.161 e. The second-order valence-corrected chi connectivity index (χ2v) is 6.71. The number of rotatable bonds is 10. The smallest absolute Gasteiger partial charge is 0.161 e. The Hall–Kier alpha value is -1.82. The molecule has 0 spiro atoms. The molecule has 2 rings (SSSR count). The van der Waals surface area contributed by atoms with E-state index in [4.69, 9.17) is 21.1 Å². The van der Waals surface area contributed by atoms with Gasteiger partial charge < -0.3 is 19.7 Å². The third-order valence-corrected chi connectivity index (χ3v) is 4.30. The molecule has 1 N–H and O–H groups in total. The summed E-state index contributed by atoms with van der Waals surface area (Å²) in [5.41, 5.74) is 1.44. The van der Waals surface area contributed by atoms with Crippen LogP contribution in [0.25, 0.3) is 0 Å². The zero-order chi connectivity index (χ0) is 18.9. The van der Waals surface area contributed by atoms with Gasteiger partial charge in [0.2, 0.25) is 0 Å². The van der Waals surface area contributed by atoms with E-state index in [1.54, 1.807) is 19.2 Å². The van der Waals surface area contributed by atoms with Crippen LogP contribution in [-0.2, 0) is 13.2 Å². The molecule has 26 heavy (non-hydrogen) atoms. The predicted octanol–water partition coefficient (Wildman–Crippen LogP) is 4.11. The van der Waals surface area contributed by atoms with Crippen molar-refractivity contribution in [1.82, 2.24) is 10.2 Å². The van der Waals surface area contributed by atoms with Gasteiger partial charge in [0.15, 0.2) is 11.5 Å². The number of nitrogens with one attached hydrogen (secondary N) is 1. The van der Waals surface area contributed by atoms with Gasteiger partial charge in [-0.15, -0.1) is 0 Å². The highest BCUT2D eigenvalue weighted by Gasteiger charge is 2.11. The molecule has 0 saturated heterocycles. The van der Waals surface area contributed by atoms with Crippen molar-refractivity contribution in [2.45, 2.75) is 19.6 Å². The minimum atomic E-state index is -0.380. The molecule has 0 fully saturated rings. The predicted molar refractivity (Wildman–Crippen MR) is 104 cm³/mol. The Balaban J connectivity index is 1.93. The van der Waals surface area contributed by atoms with E-state index in [2.05, 4.69) is 24.3 Å². The Morgan fingerprint density at radius 2 is 1.96 bits per heavy atom. The molecule has 0 unspecified atom stereocenters. The van der Waals surface area contributed by atoms with Crippen molar-refractivity contribution in [3.63, 3.8) is 0 Å². The third-order valence-electron chi connectivity index (χ3n) is 3.95. The number of halogens is 2. The molecule has 0 radical (unpaired) electrons. The van der Waals surface area contributed by atoms with E-state index in [0.717, 1.165) is 31.6 Å². The highest BCUT2D eigenvalue weighted by atomic mass is 35.5. The second-order valence-electron chi connectivity index (χ2n) is 6.31. The third kappa shape index (κ3) is 6.16. The van der Waals surface area contributed by atoms with E-state index in [1.165, 1.54) is 6.07 Å². The van der Waals surface area contributed by atoms with Gasteiger partial charge in [0, 0.05) is 12.1 Å². The molecule has 4 nitrogen and oxygen atoms in total. The number of hydrogen-bond donors (Lipinski definition) is 1. The van der Waals surface area contributed by atoms with Gasteiger partial charge in [-0.2, -0.15) is 0 Å². The van der Waals surface area contributed by atoms with Crippen LogP contribution in [0, 0.1) is 5.82 Å². The van der Waals surface area contributed by atoms with E-state index in [0.29, 0.717) is 22.1 Å². The molecule has 0 heterocycles. The lowest BCUT2D eigenvalue weighted by Crippen LogP contribution is -2.21. The van der Waals surface area contributed by atoms with Crippen LogP contribution in [0.5, 0.6) is 11.5 Å². The molecule has 142 valence electrons. The normalized spacial score (nSPS) is 11.0. The van der Waals surface area contributed by atoms with Crippen LogP contribution < -0.4 is 14.8 Å². The summed E-state index contributed by atoms with van der Waals surface area (Å²) in [5, 5.41) is 3.76. The summed E-state index contributed by atoms with van der Waals surface area (Å²) in [4.78, 5) is 2.17. The fourth-order valence-corrected chi connectivity index (χ4v) is 2.73. The summed E-state index contributed by atoms with van der Waals surface area (Å²) in [7, 11) is 5.72. The summed E-state index contributed by atoms with van der Waals surface area (Å²) in [6.07, 6.45) is 1.09. The summed E-state index contributed by atoms with van der Waals surface area (Å²) >= 11 is 6.03. The van der Waals surface area contributed by atoms with E-state index in [1.807, 2.05) is 18.2 Å². The zero-order valence-electron chi connectivity index (χ0n) is 15.5. The van der Waals surface area contributed by atoms with Crippen LogP contribution in [0.2, 0.25) is 5.02 Å². The van der Waals surface area contributed by atoms with E-state index >= 15 is 0 Å². The lowest BCUT2D eigenvalue weighted by Gasteiger charge is -2.14. The van der Waals surface area contributed by atoms with E-state index < -0.39 is 0 Å². The minimum absolute atomic E-state index is 0.0456. The van der Waals surface area contributed by atoms with Crippen molar-refractivity contribution in [2.24, 2.45) is 0 Å². The van der Waals surface area contributed by atoms with Gasteiger partial charge in [-0.25, -0.2) is 4.39 Å². The molecule has 0 amide bonds. The first-order valence-corrected chi connectivity index (χ1v) is 8.97. The SMILES string of the molecule is COc1cc(CNCCCN(C)C)ccc1OCc1c(F)cccc1Cl. The van der Waals surface area contributed by atoms with Crippen LogP contribution in [0.1, 0.15) is 17.5 Å². The van der Waals surface area contributed by atoms with E-state index in [9.17, 15) is 4.39 Å². The first kappa shape index (κ1) is 20.5. The number of hydrogen-bond acceptors (Lipinski definition) is 4. The fourth-order valence-electron chi connectivity index (χ4n) is 2.51. The number of ether oxygens (including phenoxy) is 2. The largest absolute Gasteiger partial charge is 0.493 e. The average Bonchev–Trinajstić information content (AvgIpc) is 2.61. The molecule has 0 aliphatic rings. The minimum Gasteiger partial charge on any atom is -0.493 e. The van der Waals surface area contributed by atoms with Crippen molar-refractivity contribution in [2.75, 3.05) is 34.3 Å². The Morgan fingerprint density at radius 3 is 2.65 bits per heavy atom. The van der Waals surface area contributed by atoms with Crippen molar-refractivity contribution in [3.8, 4) is 11.5 Å².